The highest BCUT2D eigenvalue weighted by molar-refractivity contribution is 9.10. The Hall–Kier alpha value is -2.05. The van der Waals surface area contributed by atoms with Gasteiger partial charge in [-0.2, -0.15) is 10.5 Å². The van der Waals surface area contributed by atoms with Gasteiger partial charge < -0.3 is 10.6 Å². The number of nitriles is 2. The van der Waals surface area contributed by atoms with Gasteiger partial charge in [-0.15, -0.1) is 0 Å². The fourth-order valence-corrected chi connectivity index (χ4v) is 1.91. The number of benzene rings is 1. The first-order valence-electron chi connectivity index (χ1n) is 5.68. The Balaban J connectivity index is 2.88. The van der Waals surface area contributed by atoms with Gasteiger partial charge in [-0.3, -0.25) is 4.79 Å². The second kappa shape index (κ2) is 7.40. The highest BCUT2D eigenvalue weighted by Gasteiger charge is 2.15. The van der Waals surface area contributed by atoms with E-state index in [4.69, 9.17) is 16.3 Å². The van der Waals surface area contributed by atoms with Crippen LogP contribution in [0.15, 0.2) is 22.7 Å². The van der Waals surface area contributed by atoms with Crippen LogP contribution in [0.1, 0.15) is 23.2 Å². The Labute approximate surface area is 120 Å². The summed E-state index contributed by atoms with van der Waals surface area (Å²) in [6.45, 7) is 0.637. The Morgan fingerprint density at radius 1 is 1.26 bits per heavy atom. The lowest BCUT2D eigenvalue weighted by Gasteiger charge is -2.20. The topological polar surface area (TPSA) is 93.9 Å². The third-order valence-electron chi connectivity index (χ3n) is 2.52. The average molecular weight is 321 g/mol. The number of hydrogen-bond donors (Lipinski definition) is 1. The maximum atomic E-state index is 12.3. The molecule has 0 aliphatic heterocycles. The van der Waals surface area contributed by atoms with Gasteiger partial charge in [0, 0.05) is 28.8 Å². The van der Waals surface area contributed by atoms with Crippen molar-refractivity contribution in [1.82, 2.24) is 4.90 Å². The number of halogens is 1. The van der Waals surface area contributed by atoms with Crippen LogP contribution in [0.2, 0.25) is 0 Å². The first-order valence-corrected chi connectivity index (χ1v) is 6.47. The predicted octanol–water partition coefficient (Wildman–Crippen LogP) is 2.30. The van der Waals surface area contributed by atoms with Crippen molar-refractivity contribution in [2.75, 3.05) is 18.8 Å². The molecule has 1 aromatic rings. The summed E-state index contributed by atoms with van der Waals surface area (Å²) >= 11 is 3.27. The van der Waals surface area contributed by atoms with Gasteiger partial charge in [-0.05, 0) is 34.1 Å². The van der Waals surface area contributed by atoms with Crippen LogP contribution in [-0.2, 0) is 0 Å². The van der Waals surface area contributed by atoms with Crippen LogP contribution in [0.4, 0.5) is 5.69 Å². The zero-order chi connectivity index (χ0) is 14.3. The number of amides is 1. The van der Waals surface area contributed by atoms with Gasteiger partial charge in [0.15, 0.2) is 0 Å². The fraction of sp³-hybridized carbons (Fsp3) is 0.308. The molecule has 6 heteroatoms. The molecule has 98 valence electrons. The van der Waals surface area contributed by atoms with E-state index in [1.165, 1.54) is 4.90 Å². The van der Waals surface area contributed by atoms with Crippen LogP contribution in [0, 0.1) is 22.7 Å². The summed E-state index contributed by atoms with van der Waals surface area (Å²) in [6.07, 6.45) is 0.487. The molecule has 1 amide bonds. The molecule has 19 heavy (non-hydrogen) atoms. The van der Waals surface area contributed by atoms with Crippen molar-refractivity contribution in [3.8, 4) is 12.1 Å². The van der Waals surface area contributed by atoms with E-state index < -0.39 is 0 Å². The lowest BCUT2D eigenvalue weighted by Crippen LogP contribution is -2.32. The summed E-state index contributed by atoms with van der Waals surface area (Å²) in [5.74, 6) is -0.203. The van der Waals surface area contributed by atoms with Crippen LogP contribution in [-0.4, -0.2) is 23.9 Å². The third-order valence-corrected chi connectivity index (χ3v) is 3.21. The monoisotopic (exact) mass is 320 g/mol. The summed E-state index contributed by atoms with van der Waals surface area (Å²) in [6, 6.07) is 8.91. The van der Waals surface area contributed by atoms with Crippen molar-refractivity contribution in [3.05, 3.63) is 28.2 Å². The molecule has 2 N–H and O–H groups in total. The predicted molar refractivity (Wildman–Crippen MR) is 74.9 cm³/mol. The largest absolute Gasteiger partial charge is 0.398 e. The number of anilines is 1. The molecule has 0 atom stereocenters. The number of rotatable bonds is 5. The van der Waals surface area contributed by atoms with E-state index in [-0.39, 0.29) is 18.7 Å². The van der Waals surface area contributed by atoms with E-state index in [1.807, 2.05) is 12.1 Å². The lowest BCUT2D eigenvalue weighted by atomic mass is 10.1. The molecule has 0 unspecified atom stereocenters. The quantitative estimate of drug-likeness (QED) is 0.842. The Morgan fingerprint density at radius 2 is 1.84 bits per heavy atom. The van der Waals surface area contributed by atoms with Gasteiger partial charge in [0.25, 0.3) is 5.91 Å². The molecule has 5 nitrogen and oxygen atoms in total. The minimum atomic E-state index is -0.203. The standard InChI is InChI=1S/C13H13BrN4O/c14-11-9-10(3-4-12(11)17)13(19)18(7-1-5-15)8-2-6-16/h3-4,9H,1-2,7-8,17H2. The van der Waals surface area contributed by atoms with E-state index in [0.29, 0.717) is 28.8 Å². The summed E-state index contributed by atoms with van der Waals surface area (Å²) in [5.41, 5.74) is 6.70. The Bertz CT molecular complexity index is 527. The van der Waals surface area contributed by atoms with Gasteiger partial charge in [0.1, 0.15) is 0 Å². The highest BCUT2D eigenvalue weighted by atomic mass is 79.9. The van der Waals surface area contributed by atoms with E-state index >= 15 is 0 Å². The van der Waals surface area contributed by atoms with E-state index in [1.54, 1.807) is 18.2 Å². The number of carbonyl (C=O) groups is 1. The van der Waals surface area contributed by atoms with Crippen LogP contribution in [0.25, 0.3) is 0 Å². The SMILES string of the molecule is N#CCCN(CCC#N)C(=O)c1ccc(N)c(Br)c1. The molecule has 0 fully saturated rings. The third kappa shape index (κ3) is 4.27. The first-order chi connectivity index (χ1) is 9.10. The minimum Gasteiger partial charge on any atom is -0.398 e. The molecule has 0 spiro atoms. The second-order valence-corrected chi connectivity index (χ2v) is 4.70. The summed E-state index contributed by atoms with van der Waals surface area (Å²) < 4.78 is 0.652. The van der Waals surface area contributed by atoms with Crippen molar-refractivity contribution < 1.29 is 4.79 Å². The zero-order valence-electron chi connectivity index (χ0n) is 10.3. The van der Waals surface area contributed by atoms with Gasteiger partial charge in [0.05, 0.1) is 25.0 Å². The molecule has 0 radical (unpaired) electrons. The molecule has 1 aromatic carbocycles. The number of nitrogens with two attached hydrogens (primary N) is 1. The van der Waals surface area contributed by atoms with Gasteiger partial charge in [-0.1, -0.05) is 0 Å². The summed E-state index contributed by atoms with van der Waals surface area (Å²) in [5, 5.41) is 17.2. The molecule has 0 heterocycles. The van der Waals surface area contributed by atoms with Crippen molar-refractivity contribution >= 4 is 27.5 Å². The number of carbonyl (C=O) groups excluding carboxylic acids is 1. The van der Waals surface area contributed by atoms with Gasteiger partial charge in [-0.25, -0.2) is 0 Å². The highest BCUT2D eigenvalue weighted by Crippen LogP contribution is 2.21. The first kappa shape index (κ1) is 15.0. The van der Waals surface area contributed by atoms with E-state index in [0.717, 1.165) is 0 Å². The van der Waals surface area contributed by atoms with Crippen LogP contribution in [0.3, 0.4) is 0 Å². The van der Waals surface area contributed by atoms with Crippen molar-refractivity contribution in [1.29, 1.82) is 10.5 Å². The second-order valence-electron chi connectivity index (χ2n) is 3.84. The summed E-state index contributed by atoms with van der Waals surface area (Å²) in [4.78, 5) is 13.8. The van der Waals surface area contributed by atoms with Crippen molar-refractivity contribution in [2.24, 2.45) is 0 Å². The lowest BCUT2D eigenvalue weighted by molar-refractivity contribution is 0.0762. The molecular weight excluding hydrogens is 308 g/mol. The molecule has 0 aliphatic rings. The zero-order valence-corrected chi connectivity index (χ0v) is 11.9. The average Bonchev–Trinajstić information content (AvgIpc) is 2.41. The smallest absolute Gasteiger partial charge is 0.253 e. The number of hydrogen-bond acceptors (Lipinski definition) is 4. The molecular formula is C13H13BrN4O. The van der Waals surface area contributed by atoms with E-state index in [9.17, 15) is 4.79 Å². The fourth-order valence-electron chi connectivity index (χ4n) is 1.53. The van der Waals surface area contributed by atoms with Gasteiger partial charge in [0.2, 0.25) is 0 Å². The van der Waals surface area contributed by atoms with Crippen molar-refractivity contribution in [3.63, 3.8) is 0 Å². The van der Waals surface area contributed by atoms with Crippen LogP contribution >= 0.6 is 15.9 Å². The van der Waals surface area contributed by atoms with Crippen LogP contribution in [0.5, 0.6) is 0 Å². The maximum absolute atomic E-state index is 12.3. The molecule has 0 bridgehead atoms. The Morgan fingerprint density at radius 3 is 2.32 bits per heavy atom. The van der Waals surface area contributed by atoms with Gasteiger partial charge >= 0.3 is 0 Å². The normalized spacial score (nSPS) is 9.42. The van der Waals surface area contributed by atoms with Crippen LogP contribution < -0.4 is 5.73 Å². The maximum Gasteiger partial charge on any atom is 0.253 e. The molecule has 0 saturated carbocycles. The molecule has 0 aliphatic carbocycles. The molecule has 0 saturated heterocycles. The number of nitrogens with zero attached hydrogens (tertiary/aromatic N) is 3. The van der Waals surface area contributed by atoms with Crippen molar-refractivity contribution in [2.45, 2.75) is 12.8 Å². The van der Waals surface area contributed by atoms with E-state index in [2.05, 4.69) is 15.9 Å². The molecule has 1 rings (SSSR count). The summed E-state index contributed by atoms with van der Waals surface area (Å²) in [7, 11) is 0. The molecule has 0 aromatic heterocycles. The Kier molecular flexibility index (Phi) is 5.84. The number of nitrogen functional groups attached to an aromatic ring is 1. The minimum absolute atomic E-state index is 0.203.